The van der Waals surface area contributed by atoms with Crippen molar-refractivity contribution in [2.75, 3.05) is 5.01 Å². The zero-order chi connectivity index (χ0) is 19.9. The fourth-order valence-corrected chi connectivity index (χ4v) is 3.07. The van der Waals surface area contributed by atoms with Crippen molar-refractivity contribution in [3.8, 4) is 11.3 Å². The molecule has 0 unspecified atom stereocenters. The molecule has 0 fully saturated rings. The summed E-state index contributed by atoms with van der Waals surface area (Å²) in [5.74, 6) is 0.478. The predicted octanol–water partition coefficient (Wildman–Crippen LogP) is 1.51. The molecular formula is C16H12N6O5S. The van der Waals surface area contributed by atoms with E-state index in [1.54, 1.807) is 19.1 Å². The summed E-state index contributed by atoms with van der Waals surface area (Å²) in [6, 6.07) is 8.89. The maximum atomic E-state index is 12.5. The molecule has 142 valence electrons. The molecule has 11 nitrogen and oxygen atoms in total. The fraction of sp³-hybridized carbons (Fsp3) is 0.0625. The van der Waals surface area contributed by atoms with E-state index >= 15 is 0 Å². The Kier molecular flexibility index (Phi) is 4.13. The van der Waals surface area contributed by atoms with Crippen molar-refractivity contribution in [3.05, 3.63) is 47.7 Å². The zero-order valence-electron chi connectivity index (χ0n) is 14.3. The number of nitrogens with zero attached hydrogens (tertiary/aromatic N) is 5. The van der Waals surface area contributed by atoms with Crippen LogP contribution in [-0.4, -0.2) is 45.2 Å². The molecule has 12 heteroatoms. The first-order valence-corrected chi connectivity index (χ1v) is 9.30. The van der Waals surface area contributed by atoms with Gasteiger partial charge in [0.25, 0.3) is 22.0 Å². The van der Waals surface area contributed by atoms with Gasteiger partial charge in [-0.2, -0.15) is 23.7 Å². The highest BCUT2D eigenvalue weighted by molar-refractivity contribution is 7.85. The molecule has 3 aromatic rings. The number of carbonyl (C=O) groups is 1. The summed E-state index contributed by atoms with van der Waals surface area (Å²) in [6.45, 7) is 1.67. The monoisotopic (exact) mass is 400 g/mol. The van der Waals surface area contributed by atoms with Crippen molar-refractivity contribution in [2.45, 2.75) is 11.8 Å². The van der Waals surface area contributed by atoms with Crippen LogP contribution in [0.4, 0.5) is 5.95 Å². The van der Waals surface area contributed by atoms with Gasteiger partial charge in [-0.05, 0) is 54.6 Å². The number of aromatic nitrogens is 4. The van der Waals surface area contributed by atoms with Crippen LogP contribution in [0.5, 0.6) is 0 Å². The third kappa shape index (κ3) is 3.21. The van der Waals surface area contributed by atoms with Crippen LogP contribution in [0.3, 0.4) is 0 Å². The van der Waals surface area contributed by atoms with Gasteiger partial charge in [0.15, 0.2) is 0 Å². The molecule has 0 radical (unpaired) electrons. The van der Waals surface area contributed by atoms with E-state index in [1.807, 2.05) is 0 Å². The van der Waals surface area contributed by atoms with Crippen LogP contribution in [-0.2, 0) is 14.9 Å². The number of amides is 1. The van der Waals surface area contributed by atoms with Crippen LogP contribution in [0.15, 0.2) is 56.4 Å². The summed E-state index contributed by atoms with van der Waals surface area (Å²) >= 11 is 0. The number of anilines is 1. The van der Waals surface area contributed by atoms with Crippen molar-refractivity contribution in [3.63, 3.8) is 0 Å². The average molecular weight is 400 g/mol. The summed E-state index contributed by atoms with van der Waals surface area (Å²) in [5.41, 5.74) is 1.38. The minimum absolute atomic E-state index is 0.0341. The third-order valence-corrected chi connectivity index (χ3v) is 4.80. The molecule has 1 aliphatic rings. The minimum Gasteiger partial charge on any atom is -0.457 e. The minimum atomic E-state index is -4.26. The molecule has 2 N–H and O–H groups in total. The summed E-state index contributed by atoms with van der Waals surface area (Å²) < 4.78 is 37.0. The molecule has 3 heterocycles. The smallest absolute Gasteiger partial charge is 0.294 e. The fourth-order valence-electron chi connectivity index (χ4n) is 2.59. The molecule has 1 aromatic carbocycles. The molecule has 28 heavy (non-hydrogen) atoms. The van der Waals surface area contributed by atoms with Crippen LogP contribution >= 0.6 is 0 Å². The maximum absolute atomic E-state index is 12.5. The first kappa shape index (κ1) is 17.8. The van der Waals surface area contributed by atoms with Crippen LogP contribution in [0, 0.1) is 0 Å². The number of aromatic amines is 1. The van der Waals surface area contributed by atoms with Gasteiger partial charge in [-0.15, -0.1) is 5.10 Å². The van der Waals surface area contributed by atoms with Gasteiger partial charge in [0.05, 0.1) is 16.2 Å². The highest BCUT2D eigenvalue weighted by atomic mass is 32.2. The Balaban J connectivity index is 1.60. The predicted molar refractivity (Wildman–Crippen MR) is 96.7 cm³/mol. The zero-order valence-corrected chi connectivity index (χ0v) is 15.1. The molecule has 0 saturated heterocycles. The largest absolute Gasteiger partial charge is 0.457 e. The Morgan fingerprint density at radius 3 is 2.57 bits per heavy atom. The average Bonchev–Trinajstić information content (AvgIpc) is 3.39. The van der Waals surface area contributed by atoms with Crippen LogP contribution in [0.25, 0.3) is 17.4 Å². The molecule has 0 atom stereocenters. The van der Waals surface area contributed by atoms with Gasteiger partial charge >= 0.3 is 0 Å². The lowest BCUT2D eigenvalue weighted by Crippen LogP contribution is -2.22. The maximum Gasteiger partial charge on any atom is 0.294 e. The van der Waals surface area contributed by atoms with Crippen molar-refractivity contribution in [1.82, 2.24) is 20.6 Å². The van der Waals surface area contributed by atoms with Crippen LogP contribution in [0.1, 0.15) is 12.7 Å². The lowest BCUT2D eigenvalue weighted by Gasteiger charge is -2.04. The van der Waals surface area contributed by atoms with Gasteiger partial charge in [0, 0.05) is 5.56 Å². The quantitative estimate of drug-likeness (QED) is 0.493. The van der Waals surface area contributed by atoms with Gasteiger partial charge in [-0.25, -0.2) is 0 Å². The van der Waals surface area contributed by atoms with Crippen molar-refractivity contribution in [2.24, 2.45) is 5.10 Å². The normalized spacial score (nSPS) is 16.1. The van der Waals surface area contributed by atoms with Gasteiger partial charge in [-0.3, -0.25) is 9.35 Å². The number of tetrazole rings is 1. The highest BCUT2D eigenvalue weighted by Crippen LogP contribution is 2.27. The summed E-state index contributed by atoms with van der Waals surface area (Å²) in [6.07, 6.45) is 1.54. The van der Waals surface area contributed by atoms with E-state index in [2.05, 4.69) is 25.7 Å². The van der Waals surface area contributed by atoms with E-state index in [0.717, 1.165) is 5.01 Å². The van der Waals surface area contributed by atoms with Crippen molar-refractivity contribution in [1.29, 1.82) is 0 Å². The topological polar surface area (TPSA) is 155 Å². The van der Waals surface area contributed by atoms with E-state index in [0.29, 0.717) is 28.4 Å². The number of benzene rings is 1. The van der Waals surface area contributed by atoms with Gasteiger partial charge in [0.2, 0.25) is 0 Å². The summed E-state index contributed by atoms with van der Waals surface area (Å²) in [7, 11) is -4.26. The second kappa shape index (κ2) is 6.51. The number of rotatable bonds is 4. The number of hydrogen-bond acceptors (Lipinski definition) is 8. The van der Waals surface area contributed by atoms with E-state index in [9.17, 15) is 13.2 Å². The number of hydrogen-bond donors (Lipinski definition) is 2. The van der Waals surface area contributed by atoms with Crippen LogP contribution < -0.4 is 5.01 Å². The highest BCUT2D eigenvalue weighted by Gasteiger charge is 2.31. The SMILES string of the molecule is CC1=NN(c2nn[nH]n2)C(=O)/C1=C/c1ccc(-c2ccc(S(=O)(=O)O)cc2)o1. The summed E-state index contributed by atoms with van der Waals surface area (Å²) in [5, 5.41) is 18.3. The lowest BCUT2D eigenvalue weighted by atomic mass is 10.1. The number of hydrazone groups is 1. The van der Waals surface area contributed by atoms with Crippen LogP contribution in [0.2, 0.25) is 0 Å². The molecule has 4 rings (SSSR count). The van der Waals surface area contributed by atoms with Gasteiger partial charge < -0.3 is 4.42 Å². The second-order valence-electron chi connectivity index (χ2n) is 5.77. The van der Waals surface area contributed by atoms with E-state index in [4.69, 9.17) is 8.97 Å². The van der Waals surface area contributed by atoms with E-state index in [1.165, 1.54) is 30.3 Å². The van der Waals surface area contributed by atoms with Gasteiger partial charge in [0.1, 0.15) is 11.5 Å². The molecule has 0 bridgehead atoms. The Morgan fingerprint density at radius 2 is 1.93 bits per heavy atom. The standard InChI is InChI=1S/C16H12N6O5S/c1-9-13(15(23)22(19-9)16-17-20-21-18-16)8-11-4-7-14(27-11)10-2-5-12(6-3-10)28(24,25)26/h2-8H,1H3,(H,24,25,26)(H,17,18,20,21)/b13-8+. The molecule has 0 spiro atoms. The van der Waals surface area contributed by atoms with Crippen molar-refractivity contribution < 1.29 is 22.2 Å². The second-order valence-corrected chi connectivity index (χ2v) is 7.20. The number of carbonyl (C=O) groups excluding carboxylic acids is 1. The molecule has 0 saturated carbocycles. The van der Waals surface area contributed by atoms with E-state index in [-0.39, 0.29) is 10.8 Å². The first-order valence-electron chi connectivity index (χ1n) is 7.86. The Bertz CT molecular complexity index is 1210. The molecular weight excluding hydrogens is 388 g/mol. The molecule has 0 aliphatic carbocycles. The van der Waals surface area contributed by atoms with Gasteiger partial charge in [-0.1, -0.05) is 5.10 Å². The Hall–Kier alpha value is -3.64. The summed E-state index contributed by atoms with van der Waals surface area (Å²) in [4.78, 5) is 12.3. The molecule has 1 aliphatic heterocycles. The Morgan fingerprint density at radius 1 is 1.18 bits per heavy atom. The Labute approximate surface area is 158 Å². The van der Waals surface area contributed by atoms with E-state index < -0.39 is 16.0 Å². The number of H-pyrrole nitrogens is 1. The first-order chi connectivity index (χ1) is 13.3. The number of nitrogens with one attached hydrogen (secondary N) is 1. The number of furan rings is 1. The molecule has 1 amide bonds. The van der Waals surface area contributed by atoms with Crippen molar-refractivity contribution >= 4 is 33.8 Å². The lowest BCUT2D eigenvalue weighted by molar-refractivity contribution is -0.114. The molecule has 2 aromatic heterocycles. The third-order valence-electron chi connectivity index (χ3n) is 3.94.